The molecule has 2 rings (SSSR count). The summed E-state index contributed by atoms with van der Waals surface area (Å²) in [6.07, 6.45) is 0. The van der Waals surface area contributed by atoms with Gasteiger partial charge in [-0.05, 0) is 30.2 Å². The van der Waals surface area contributed by atoms with Gasteiger partial charge >= 0.3 is 0 Å². The molecule has 0 saturated carbocycles. The van der Waals surface area contributed by atoms with Crippen molar-refractivity contribution in [2.45, 2.75) is 18.4 Å². The molecule has 0 spiro atoms. The molecule has 0 bridgehead atoms. The second-order valence-electron chi connectivity index (χ2n) is 5.66. The third-order valence-corrected chi connectivity index (χ3v) is 5.87. The molecule has 26 heavy (non-hydrogen) atoms. The number of rotatable bonds is 7. The van der Waals surface area contributed by atoms with Gasteiger partial charge in [0, 0.05) is 25.7 Å². The standard InChI is InChI=1S/C17H20N2O6S/c1-12-5-7-14(19(20)21)10-17(12)26(22,23)18(2)11-13-6-8-15(24-3)16(9-13)25-4/h5-10H,11H2,1-4H3. The maximum Gasteiger partial charge on any atom is 0.270 e. The van der Waals surface area contributed by atoms with Crippen molar-refractivity contribution < 1.29 is 22.8 Å². The van der Waals surface area contributed by atoms with Crippen molar-refractivity contribution in [2.24, 2.45) is 0 Å². The van der Waals surface area contributed by atoms with Crippen molar-refractivity contribution >= 4 is 15.7 Å². The molecule has 0 atom stereocenters. The van der Waals surface area contributed by atoms with E-state index in [0.29, 0.717) is 22.6 Å². The maximum absolute atomic E-state index is 12.9. The van der Waals surface area contributed by atoms with Crippen molar-refractivity contribution in [3.63, 3.8) is 0 Å². The summed E-state index contributed by atoms with van der Waals surface area (Å²) in [6.45, 7) is 1.67. The van der Waals surface area contributed by atoms with Crippen molar-refractivity contribution in [1.29, 1.82) is 0 Å². The zero-order valence-electron chi connectivity index (χ0n) is 14.9. The van der Waals surface area contributed by atoms with Gasteiger partial charge in [-0.1, -0.05) is 12.1 Å². The van der Waals surface area contributed by atoms with Gasteiger partial charge in [0.05, 0.1) is 24.0 Å². The molecule has 0 aliphatic rings. The molecule has 2 aromatic carbocycles. The topological polar surface area (TPSA) is 99.0 Å². The van der Waals surface area contributed by atoms with Gasteiger partial charge in [0.15, 0.2) is 11.5 Å². The Bertz CT molecular complexity index is 927. The predicted octanol–water partition coefficient (Wildman–Crippen LogP) is 2.74. The average molecular weight is 380 g/mol. The number of sulfonamides is 1. The molecule has 0 aliphatic heterocycles. The number of nitrogens with zero attached hydrogens (tertiary/aromatic N) is 2. The van der Waals surface area contributed by atoms with Crippen LogP contribution in [0.25, 0.3) is 0 Å². The highest BCUT2D eigenvalue weighted by atomic mass is 32.2. The minimum absolute atomic E-state index is 0.0742. The minimum Gasteiger partial charge on any atom is -0.493 e. The molecule has 0 fully saturated rings. The fourth-order valence-corrected chi connectivity index (χ4v) is 3.87. The third kappa shape index (κ3) is 3.94. The molecule has 140 valence electrons. The van der Waals surface area contributed by atoms with Gasteiger partial charge in [-0.25, -0.2) is 8.42 Å². The van der Waals surface area contributed by atoms with Crippen LogP contribution in [-0.2, 0) is 16.6 Å². The van der Waals surface area contributed by atoms with Crippen molar-refractivity contribution in [3.8, 4) is 11.5 Å². The summed E-state index contributed by atoms with van der Waals surface area (Å²) in [6, 6.07) is 8.89. The Labute approximate surface area is 152 Å². The number of ether oxygens (including phenoxy) is 2. The number of hydrogen-bond acceptors (Lipinski definition) is 6. The van der Waals surface area contributed by atoms with Crippen LogP contribution in [0.15, 0.2) is 41.3 Å². The first-order valence-electron chi connectivity index (χ1n) is 7.63. The minimum atomic E-state index is -3.90. The van der Waals surface area contributed by atoms with E-state index in [1.165, 1.54) is 33.4 Å². The summed E-state index contributed by atoms with van der Waals surface area (Å²) in [7, 11) is 0.526. The summed E-state index contributed by atoms with van der Waals surface area (Å²) in [5.41, 5.74) is 0.861. The number of methoxy groups -OCH3 is 2. The van der Waals surface area contributed by atoms with E-state index in [2.05, 4.69) is 0 Å². The highest BCUT2D eigenvalue weighted by Crippen LogP contribution is 2.29. The van der Waals surface area contributed by atoms with Crippen LogP contribution < -0.4 is 9.47 Å². The number of nitro benzene ring substituents is 1. The quantitative estimate of drug-likeness (QED) is 0.541. The molecule has 0 saturated heterocycles. The summed E-state index contributed by atoms with van der Waals surface area (Å²) < 4.78 is 37.2. The van der Waals surface area contributed by atoms with E-state index < -0.39 is 14.9 Å². The van der Waals surface area contributed by atoms with Crippen LogP contribution in [0.5, 0.6) is 11.5 Å². The van der Waals surface area contributed by atoms with Crippen LogP contribution in [0.3, 0.4) is 0 Å². The molecule has 0 amide bonds. The number of benzene rings is 2. The largest absolute Gasteiger partial charge is 0.493 e. The van der Waals surface area contributed by atoms with Gasteiger partial charge in [0.2, 0.25) is 10.0 Å². The van der Waals surface area contributed by atoms with E-state index in [-0.39, 0.29) is 17.1 Å². The van der Waals surface area contributed by atoms with Crippen molar-refractivity contribution in [3.05, 3.63) is 57.6 Å². The fourth-order valence-electron chi connectivity index (χ4n) is 2.47. The monoisotopic (exact) mass is 380 g/mol. The predicted molar refractivity (Wildman–Crippen MR) is 96.0 cm³/mol. The molecule has 0 radical (unpaired) electrons. The first-order valence-corrected chi connectivity index (χ1v) is 9.07. The second kappa shape index (κ2) is 7.71. The van der Waals surface area contributed by atoms with Crippen molar-refractivity contribution in [1.82, 2.24) is 4.31 Å². The molecule has 9 heteroatoms. The molecular formula is C17H20N2O6S. The Morgan fingerprint density at radius 3 is 2.31 bits per heavy atom. The summed E-state index contributed by atoms with van der Waals surface area (Å²) >= 11 is 0. The number of non-ortho nitro benzene ring substituents is 1. The van der Waals surface area contributed by atoms with Crippen LogP contribution in [0.2, 0.25) is 0 Å². The summed E-state index contributed by atoms with van der Waals surface area (Å²) in [5.74, 6) is 1.03. The molecule has 0 N–H and O–H groups in total. The first kappa shape index (κ1) is 19.7. The van der Waals surface area contributed by atoms with E-state index in [0.717, 1.165) is 10.4 Å². The Hall–Kier alpha value is -2.65. The Balaban J connectivity index is 2.35. The fraction of sp³-hybridized carbons (Fsp3) is 0.294. The molecule has 0 aromatic heterocycles. The van der Waals surface area contributed by atoms with Crippen LogP contribution in [-0.4, -0.2) is 38.9 Å². The lowest BCUT2D eigenvalue weighted by Crippen LogP contribution is -2.27. The van der Waals surface area contributed by atoms with E-state index in [1.54, 1.807) is 25.1 Å². The molecule has 0 unspecified atom stereocenters. The Morgan fingerprint density at radius 1 is 1.08 bits per heavy atom. The van der Waals surface area contributed by atoms with Gasteiger partial charge < -0.3 is 9.47 Å². The van der Waals surface area contributed by atoms with E-state index in [9.17, 15) is 18.5 Å². The molecule has 2 aromatic rings. The van der Waals surface area contributed by atoms with E-state index in [1.807, 2.05) is 0 Å². The molecule has 0 aliphatic carbocycles. The molecular weight excluding hydrogens is 360 g/mol. The summed E-state index contributed by atoms with van der Waals surface area (Å²) in [5, 5.41) is 11.0. The maximum atomic E-state index is 12.9. The van der Waals surface area contributed by atoms with Gasteiger partial charge in [-0.2, -0.15) is 4.31 Å². The first-order chi connectivity index (χ1) is 12.2. The van der Waals surface area contributed by atoms with Crippen LogP contribution in [0.1, 0.15) is 11.1 Å². The van der Waals surface area contributed by atoms with Crippen LogP contribution in [0, 0.1) is 17.0 Å². The smallest absolute Gasteiger partial charge is 0.270 e. The van der Waals surface area contributed by atoms with Crippen LogP contribution in [0.4, 0.5) is 5.69 Å². The van der Waals surface area contributed by atoms with E-state index >= 15 is 0 Å². The molecule has 8 nitrogen and oxygen atoms in total. The Kier molecular flexibility index (Phi) is 5.83. The van der Waals surface area contributed by atoms with Gasteiger partial charge in [-0.15, -0.1) is 0 Å². The second-order valence-corrected chi connectivity index (χ2v) is 7.67. The summed E-state index contributed by atoms with van der Waals surface area (Å²) in [4.78, 5) is 10.2. The van der Waals surface area contributed by atoms with E-state index in [4.69, 9.17) is 9.47 Å². The lowest BCUT2D eigenvalue weighted by atomic mass is 10.2. The lowest BCUT2D eigenvalue weighted by Gasteiger charge is -2.19. The number of aryl methyl sites for hydroxylation is 1. The van der Waals surface area contributed by atoms with Gasteiger partial charge in [0.25, 0.3) is 5.69 Å². The Morgan fingerprint density at radius 2 is 1.73 bits per heavy atom. The zero-order chi connectivity index (χ0) is 19.5. The van der Waals surface area contributed by atoms with Gasteiger partial charge in [-0.3, -0.25) is 10.1 Å². The highest BCUT2D eigenvalue weighted by Gasteiger charge is 2.25. The van der Waals surface area contributed by atoms with Crippen molar-refractivity contribution in [2.75, 3.05) is 21.3 Å². The number of hydrogen-bond donors (Lipinski definition) is 0. The third-order valence-electron chi connectivity index (χ3n) is 3.92. The lowest BCUT2D eigenvalue weighted by molar-refractivity contribution is -0.385. The number of nitro groups is 1. The average Bonchev–Trinajstić information content (AvgIpc) is 2.61. The van der Waals surface area contributed by atoms with Crippen LogP contribution >= 0.6 is 0 Å². The SMILES string of the molecule is COc1ccc(CN(C)S(=O)(=O)c2cc([N+](=O)[O-])ccc2C)cc1OC. The van der Waals surface area contributed by atoms with Gasteiger partial charge in [0.1, 0.15) is 0 Å². The normalized spacial score (nSPS) is 11.4. The molecule has 0 heterocycles. The highest BCUT2D eigenvalue weighted by molar-refractivity contribution is 7.89. The zero-order valence-corrected chi connectivity index (χ0v) is 15.7.